The Morgan fingerprint density at radius 2 is 1.84 bits per heavy atom. The number of hydrogen-bond donors (Lipinski definition) is 1. The lowest BCUT2D eigenvalue weighted by atomic mass is 10.2. The topological polar surface area (TPSA) is 59.1 Å². The molecule has 0 bridgehead atoms. The number of aromatic nitrogens is 1. The maximum atomic E-state index is 12.9. The zero-order valence-electron chi connectivity index (χ0n) is 9.68. The van der Waals surface area contributed by atoms with Crippen LogP contribution in [0, 0.1) is 5.95 Å². The van der Waals surface area contributed by atoms with Crippen molar-refractivity contribution in [2.75, 3.05) is 4.72 Å². The molecule has 0 atom stereocenters. The van der Waals surface area contributed by atoms with Crippen LogP contribution in [-0.2, 0) is 15.4 Å². The average Bonchev–Trinajstić information content (AvgIpc) is 2.38. The number of sulfonamides is 1. The summed E-state index contributed by atoms with van der Waals surface area (Å²) in [5, 5.41) is 0.645. The lowest BCUT2D eigenvalue weighted by molar-refractivity contribution is 0.584. The van der Waals surface area contributed by atoms with E-state index in [4.69, 9.17) is 0 Å². The number of nitrogens with zero attached hydrogens (tertiary/aromatic N) is 1. The van der Waals surface area contributed by atoms with E-state index in [9.17, 15) is 12.8 Å². The lowest BCUT2D eigenvalue weighted by Gasteiger charge is -2.07. The van der Waals surface area contributed by atoms with Crippen LogP contribution < -0.4 is 4.72 Å². The summed E-state index contributed by atoms with van der Waals surface area (Å²) in [5.41, 5.74) is 0.961. The molecule has 1 heterocycles. The average molecular weight is 345 g/mol. The fraction of sp³-hybridized carbons (Fsp3) is 0.0833. The molecule has 0 aliphatic carbocycles. The maximum Gasteiger partial charge on any atom is 0.263 e. The summed E-state index contributed by atoms with van der Waals surface area (Å²) in [6.45, 7) is 0. The van der Waals surface area contributed by atoms with Crippen molar-refractivity contribution >= 4 is 31.8 Å². The largest absolute Gasteiger partial charge is 0.263 e. The molecule has 19 heavy (non-hydrogen) atoms. The van der Waals surface area contributed by atoms with Gasteiger partial charge in [-0.15, -0.1) is 0 Å². The molecule has 0 saturated carbocycles. The van der Waals surface area contributed by atoms with E-state index in [1.54, 1.807) is 12.1 Å². The second-order valence-electron chi connectivity index (χ2n) is 3.73. The third kappa shape index (κ3) is 3.51. The fourth-order valence-electron chi connectivity index (χ4n) is 1.42. The molecule has 1 N–H and O–H groups in total. The Balaban J connectivity index is 2.27. The number of alkyl halides is 1. The molecule has 2 rings (SSSR count). The molecule has 2 aromatic rings. The van der Waals surface area contributed by atoms with E-state index in [0.29, 0.717) is 5.33 Å². The predicted molar refractivity (Wildman–Crippen MR) is 74.1 cm³/mol. The van der Waals surface area contributed by atoms with Crippen molar-refractivity contribution in [1.29, 1.82) is 0 Å². The van der Waals surface area contributed by atoms with Crippen LogP contribution in [0.25, 0.3) is 0 Å². The highest BCUT2D eigenvalue weighted by Gasteiger charge is 2.14. The highest BCUT2D eigenvalue weighted by molar-refractivity contribution is 9.08. The quantitative estimate of drug-likeness (QED) is 0.685. The number of hydrogen-bond acceptors (Lipinski definition) is 3. The van der Waals surface area contributed by atoms with Gasteiger partial charge in [0.25, 0.3) is 10.0 Å². The highest BCUT2D eigenvalue weighted by Crippen LogP contribution is 2.16. The van der Waals surface area contributed by atoms with Crippen LogP contribution in [-0.4, -0.2) is 13.4 Å². The minimum atomic E-state index is -3.75. The summed E-state index contributed by atoms with van der Waals surface area (Å²) in [6, 6.07) is 10.3. The Morgan fingerprint density at radius 1 is 1.16 bits per heavy atom. The zero-order valence-corrected chi connectivity index (χ0v) is 12.1. The third-order valence-corrected chi connectivity index (χ3v) is 4.36. The maximum absolute atomic E-state index is 12.9. The number of pyridine rings is 1. The predicted octanol–water partition coefficient (Wildman–Crippen LogP) is 2.92. The van der Waals surface area contributed by atoms with Gasteiger partial charge in [0.15, 0.2) is 0 Å². The molecular weight excluding hydrogens is 335 g/mol. The fourth-order valence-corrected chi connectivity index (χ4v) is 2.79. The number of anilines is 1. The monoisotopic (exact) mass is 344 g/mol. The van der Waals surface area contributed by atoms with Crippen molar-refractivity contribution in [2.24, 2.45) is 0 Å². The van der Waals surface area contributed by atoms with Gasteiger partial charge in [0.1, 0.15) is 5.82 Å². The summed E-state index contributed by atoms with van der Waals surface area (Å²) in [5.74, 6) is -0.792. The van der Waals surface area contributed by atoms with Crippen molar-refractivity contribution in [3.63, 3.8) is 0 Å². The molecule has 1 aromatic carbocycles. The number of nitrogens with one attached hydrogen (secondary N) is 1. The first-order valence-corrected chi connectivity index (χ1v) is 7.92. The summed E-state index contributed by atoms with van der Waals surface area (Å²) in [4.78, 5) is 3.55. The number of benzene rings is 1. The molecule has 0 unspecified atom stereocenters. The van der Waals surface area contributed by atoms with Crippen LogP contribution in [0.5, 0.6) is 0 Å². The minimum Gasteiger partial charge on any atom is -0.263 e. The van der Waals surface area contributed by atoms with Crippen molar-refractivity contribution in [3.05, 3.63) is 54.0 Å². The Hall–Kier alpha value is -1.47. The first-order chi connectivity index (χ1) is 9.01. The van der Waals surface area contributed by atoms with Crippen molar-refractivity contribution < 1.29 is 12.8 Å². The van der Waals surface area contributed by atoms with E-state index in [2.05, 4.69) is 25.6 Å². The minimum absolute atomic E-state index is 0.0513. The van der Waals surface area contributed by atoms with E-state index < -0.39 is 16.0 Å². The molecule has 0 amide bonds. The van der Waals surface area contributed by atoms with Crippen molar-refractivity contribution in [2.45, 2.75) is 10.2 Å². The van der Waals surface area contributed by atoms with Crippen LogP contribution >= 0.6 is 15.9 Å². The van der Waals surface area contributed by atoms with E-state index >= 15 is 0 Å². The summed E-state index contributed by atoms with van der Waals surface area (Å²) in [6.07, 6.45) is 0. The number of halogens is 2. The molecule has 0 spiro atoms. The smallest absolute Gasteiger partial charge is 0.263 e. The van der Waals surface area contributed by atoms with Gasteiger partial charge in [-0.25, -0.2) is 13.4 Å². The van der Waals surface area contributed by atoms with Gasteiger partial charge in [0.05, 0.1) is 4.90 Å². The zero-order chi connectivity index (χ0) is 13.9. The molecule has 0 fully saturated rings. The summed E-state index contributed by atoms with van der Waals surface area (Å²) < 4.78 is 39.2. The van der Waals surface area contributed by atoms with Crippen LogP contribution in [0.3, 0.4) is 0 Å². The molecule has 1 aromatic heterocycles. The SMILES string of the molecule is O=S(=O)(Nc1cccc(F)n1)c1ccc(CBr)cc1. The van der Waals surface area contributed by atoms with Gasteiger partial charge in [-0.2, -0.15) is 4.39 Å². The number of rotatable bonds is 4. The Labute approximate surface area is 118 Å². The normalized spacial score (nSPS) is 11.3. The van der Waals surface area contributed by atoms with Crippen molar-refractivity contribution in [1.82, 2.24) is 4.98 Å². The van der Waals surface area contributed by atoms with Gasteiger partial charge in [-0.3, -0.25) is 4.72 Å². The van der Waals surface area contributed by atoms with Crippen LogP contribution in [0.2, 0.25) is 0 Å². The Kier molecular flexibility index (Phi) is 4.16. The molecule has 0 radical (unpaired) electrons. The molecule has 100 valence electrons. The lowest BCUT2D eigenvalue weighted by Crippen LogP contribution is -2.14. The Bertz CT molecular complexity index is 674. The molecule has 0 aliphatic rings. The molecule has 7 heteroatoms. The first-order valence-electron chi connectivity index (χ1n) is 5.31. The van der Waals surface area contributed by atoms with E-state index in [1.165, 1.54) is 24.3 Å². The van der Waals surface area contributed by atoms with Crippen LogP contribution in [0.15, 0.2) is 47.4 Å². The standard InChI is InChI=1S/C12H10BrFN2O2S/c13-8-9-4-6-10(7-5-9)19(17,18)16-12-3-1-2-11(14)15-12/h1-7H,8H2,(H,15,16). The molecule has 0 saturated heterocycles. The molecule has 0 aliphatic heterocycles. The first kappa shape index (κ1) is 14.0. The van der Waals surface area contributed by atoms with Crippen molar-refractivity contribution in [3.8, 4) is 0 Å². The summed E-state index contributed by atoms with van der Waals surface area (Å²) in [7, 11) is -3.75. The van der Waals surface area contributed by atoms with Gasteiger partial charge < -0.3 is 0 Å². The third-order valence-electron chi connectivity index (χ3n) is 2.34. The van der Waals surface area contributed by atoms with Gasteiger partial charge in [0, 0.05) is 5.33 Å². The summed E-state index contributed by atoms with van der Waals surface area (Å²) >= 11 is 3.28. The van der Waals surface area contributed by atoms with Gasteiger partial charge in [0.2, 0.25) is 5.95 Å². The Morgan fingerprint density at radius 3 is 2.42 bits per heavy atom. The molecular formula is C12H10BrFN2O2S. The second kappa shape index (κ2) is 5.66. The van der Waals surface area contributed by atoms with Crippen LogP contribution in [0.1, 0.15) is 5.56 Å². The van der Waals surface area contributed by atoms with E-state index in [1.807, 2.05) is 0 Å². The molecule has 4 nitrogen and oxygen atoms in total. The van der Waals surface area contributed by atoms with E-state index in [0.717, 1.165) is 11.6 Å². The van der Waals surface area contributed by atoms with Crippen LogP contribution in [0.4, 0.5) is 10.2 Å². The highest BCUT2D eigenvalue weighted by atomic mass is 79.9. The van der Waals surface area contributed by atoms with Gasteiger partial charge >= 0.3 is 0 Å². The van der Waals surface area contributed by atoms with E-state index in [-0.39, 0.29) is 10.7 Å². The van der Waals surface area contributed by atoms with Gasteiger partial charge in [-0.05, 0) is 29.8 Å². The second-order valence-corrected chi connectivity index (χ2v) is 5.97. The van der Waals surface area contributed by atoms with Gasteiger partial charge in [-0.1, -0.05) is 34.1 Å².